The summed E-state index contributed by atoms with van der Waals surface area (Å²) in [6.07, 6.45) is 9.95. The Morgan fingerprint density at radius 1 is 1.28 bits per heavy atom. The molecular weight excluding hydrogens is 427 g/mol. The van der Waals surface area contributed by atoms with Crippen molar-refractivity contribution in [3.63, 3.8) is 0 Å². The average Bonchev–Trinajstić information content (AvgIpc) is 3.38. The van der Waals surface area contributed by atoms with Crippen molar-refractivity contribution in [3.05, 3.63) is 60.1 Å². The molecule has 5 rings (SSSR count). The maximum atomic E-state index is 14.3. The normalized spacial score (nSPS) is 18.7. The molecule has 0 bridgehead atoms. The standard InChI is InChI=1S/C23H21FN6OS/c1-14-19(12-28-30(14)17-4-2-5-18(31)9-17)15-8-21(32-23-20(24)6-3-7-26-23)22-16(10-25)11-27-29(22)13-15/h3,6-8,11-13,17-18,31H,2,4-5,9H2,1H3/t17-,18-/m1/s1. The highest BCUT2D eigenvalue weighted by molar-refractivity contribution is 7.99. The van der Waals surface area contributed by atoms with Gasteiger partial charge in [-0.05, 0) is 50.8 Å². The largest absolute Gasteiger partial charge is 0.393 e. The van der Waals surface area contributed by atoms with E-state index in [1.54, 1.807) is 16.8 Å². The van der Waals surface area contributed by atoms with Crippen molar-refractivity contribution in [3.8, 4) is 17.2 Å². The molecule has 162 valence electrons. The van der Waals surface area contributed by atoms with Gasteiger partial charge in [-0.1, -0.05) is 11.8 Å². The third-order valence-electron chi connectivity index (χ3n) is 5.95. The summed E-state index contributed by atoms with van der Waals surface area (Å²) in [6, 6.07) is 7.17. The van der Waals surface area contributed by atoms with Crippen LogP contribution in [0, 0.1) is 24.1 Å². The van der Waals surface area contributed by atoms with Gasteiger partial charge in [-0.2, -0.15) is 15.5 Å². The van der Waals surface area contributed by atoms with Crippen molar-refractivity contribution in [1.82, 2.24) is 24.4 Å². The smallest absolute Gasteiger partial charge is 0.155 e. The number of rotatable bonds is 4. The molecule has 0 amide bonds. The summed E-state index contributed by atoms with van der Waals surface area (Å²) in [5.74, 6) is -0.418. The molecular formula is C23H21FN6OS. The fourth-order valence-corrected chi connectivity index (χ4v) is 5.35. The van der Waals surface area contributed by atoms with E-state index in [9.17, 15) is 14.8 Å². The predicted octanol–water partition coefficient (Wildman–Crippen LogP) is 4.54. The van der Waals surface area contributed by atoms with Crippen molar-refractivity contribution in [1.29, 1.82) is 5.26 Å². The first kappa shape index (κ1) is 20.7. The summed E-state index contributed by atoms with van der Waals surface area (Å²) in [4.78, 5) is 4.84. The number of hydrogen-bond donors (Lipinski definition) is 1. The molecule has 7 nitrogen and oxygen atoms in total. The summed E-state index contributed by atoms with van der Waals surface area (Å²) in [6.45, 7) is 2.02. The lowest BCUT2D eigenvalue weighted by molar-refractivity contribution is 0.0995. The summed E-state index contributed by atoms with van der Waals surface area (Å²) < 4.78 is 18.0. The fraction of sp³-hybridized carbons (Fsp3) is 0.304. The lowest BCUT2D eigenvalue weighted by Gasteiger charge is -2.27. The molecule has 32 heavy (non-hydrogen) atoms. The highest BCUT2D eigenvalue weighted by Crippen LogP contribution is 2.37. The maximum Gasteiger partial charge on any atom is 0.155 e. The van der Waals surface area contributed by atoms with Crippen molar-refractivity contribution in [2.75, 3.05) is 0 Å². The number of hydrogen-bond acceptors (Lipinski definition) is 6. The molecule has 0 unspecified atom stereocenters. The minimum absolute atomic E-state index is 0.169. The van der Waals surface area contributed by atoms with Gasteiger partial charge in [0.15, 0.2) is 5.82 Å². The third kappa shape index (κ3) is 3.66. The number of pyridine rings is 2. The van der Waals surface area contributed by atoms with Crippen LogP contribution >= 0.6 is 11.8 Å². The Morgan fingerprint density at radius 3 is 2.94 bits per heavy atom. The zero-order chi connectivity index (χ0) is 22.2. The fourth-order valence-electron chi connectivity index (χ4n) is 4.38. The van der Waals surface area contributed by atoms with Gasteiger partial charge in [0.1, 0.15) is 11.1 Å². The van der Waals surface area contributed by atoms with E-state index >= 15 is 0 Å². The van der Waals surface area contributed by atoms with Crippen LogP contribution in [0.5, 0.6) is 0 Å². The minimum atomic E-state index is -0.418. The van der Waals surface area contributed by atoms with Gasteiger partial charge in [-0.25, -0.2) is 13.9 Å². The maximum absolute atomic E-state index is 14.3. The highest BCUT2D eigenvalue weighted by atomic mass is 32.2. The highest BCUT2D eigenvalue weighted by Gasteiger charge is 2.25. The van der Waals surface area contributed by atoms with Crippen LogP contribution in [0.1, 0.15) is 43.0 Å². The number of aliphatic hydroxyl groups is 1. The second-order valence-electron chi connectivity index (χ2n) is 8.01. The Labute approximate surface area is 188 Å². The summed E-state index contributed by atoms with van der Waals surface area (Å²) >= 11 is 1.17. The van der Waals surface area contributed by atoms with Crippen molar-refractivity contribution in [2.24, 2.45) is 0 Å². The van der Waals surface area contributed by atoms with Gasteiger partial charge >= 0.3 is 0 Å². The van der Waals surface area contributed by atoms with Crippen LogP contribution in [0.15, 0.2) is 52.9 Å². The quantitative estimate of drug-likeness (QED) is 0.493. The Morgan fingerprint density at radius 2 is 2.16 bits per heavy atom. The molecule has 9 heteroatoms. The molecule has 1 saturated carbocycles. The lowest BCUT2D eigenvalue weighted by Crippen LogP contribution is -2.23. The number of aliphatic hydroxyl groups excluding tert-OH is 1. The number of nitriles is 1. The molecule has 0 saturated heterocycles. The van der Waals surface area contributed by atoms with Gasteiger partial charge in [0.25, 0.3) is 0 Å². The van der Waals surface area contributed by atoms with E-state index in [2.05, 4.69) is 21.3 Å². The van der Waals surface area contributed by atoms with Gasteiger partial charge in [-0.15, -0.1) is 0 Å². The van der Waals surface area contributed by atoms with E-state index in [1.807, 2.05) is 30.1 Å². The topological polar surface area (TPSA) is 92.0 Å². The first-order valence-corrected chi connectivity index (χ1v) is 11.3. The third-order valence-corrected chi connectivity index (χ3v) is 6.97. The number of nitrogens with zero attached hydrogens (tertiary/aromatic N) is 6. The first-order valence-electron chi connectivity index (χ1n) is 10.5. The van der Waals surface area contributed by atoms with E-state index in [1.165, 1.54) is 24.0 Å². The summed E-state index contributed by atoms with van der Waals surface area (Å²) in [7, 11) is 0. The number of halogens is 1. The number of fused-ring (bicyclic) bond motifs is 1. The SMILES string of the molecule is Cc1c(-c2cc(Sc3ncccc3F)c3c(C#N)cnn3c2)cnn1[C@@H]1CCC[C@@H](O)C1. The van der Waals surface area contributed by atoms with Crippen LogP contribution in [0.4, 0.5) is 4.39 Å². The van der Waals surface area contributed by atoms with Gasteiger partial charge in [0.05, 0.1) is 35.6 Å². The molecule has 4 aromatic heterocycles. The molecule has 1 aliphatic rings. The Hall–Kier alpha value is -3.22. The predicted molar refractivity (Wildman–Crippen MR) is 118 cm³/mol. The Kier molecular flexibility index (Phi) is 5.41. The zero-order valence-electron chi connectivity index (χ0n) is 17.4. The molecule has 1 fully saturated rings. The van der Waals surface area contributed by atoms with Crippen molar-refractivity contribution < 1.29 is 9.50 Å². The molecule has 4 heterocycles. The Bertz CT molecular complexity index is 1340. The van der Waals surface area contributed by atoms with Gasteiger partial charge in [-0.3, -0.25) is 4.68 Å². The minimum Gasteiger partial charge on any atom is -0.393 e. The summed E-state index contributed by atoms with van der Waals surface area (Å²) in [5, 5.41) is 28.8. The van der Waals surface area contributed by atoms with Crippen LogP contribution in [0.3, 0.4) is 0 Å². The molecule has 0 aromatic carbocycles. The van der Waals surface area contributed by atoms with Crippen LogP contribution in [-0.2, 0) is 0 Å². The number of aromatic nitrogens is 5. The first-order chi connectivity index (χ1) is 15.5. The second kappa shape index (κ2) is 8.37. The monoisotopic (exact) mass is 448 g/mol. The Balaban J connectivity index is 1.60. The van der Waals surface area contributed by atoms with Gasteiger partial charge in [0.2, 0.25) is 0 Å². The van der Waals surface area contributed by atoms with Crippen LogP contribution in [0.2, 0.25) is 0 Å². The van der Waals surface area contributed by atoms with Gasteiger partial charge in [0, 0.05) is 34.1 Å². The zero-order valence-corrected chi connectivity index (χ0v) is 18.3. The average molecular weight is 449 g/mol. The van der Waals surface area contributed by atoms with Crippen molar-refractivity contribution >= 4 is 17.3 Å². The molecule has 0 spiro atoms. The molecule has 0 radical (unpaired) electrons. The van der Waals surface area contributed by atoms with E-state index in [4.69, 9.17) is 0 Å². The van der Waals surface area contributed by atoms with E-state index in [0.717, 1.165) is 36.1 Å². The van der Waals surface area contributed by atoms with Crippen molar-refractivity contribution in [2.45, 2.75) is 54.7 Å². The van der Waals surface area contributed by atoms with E-state index < -0.39 is 5.82 Å². The van der Waals surface area contributed by atoms with Crippen LogP contribution in [-0.4, -0.2) is 35.6 Å². The molecule has 1 aliphatic carbocycles. The van der Waals surface area contributed by atoms with Gasteiger partial charge < -0.3 is 5.11 Å². The van der Waals surface area contributed by atoms with Crippen LogP contribution < -0.4 is 0 Å². The van der Waals surface area contributed by atoms with E-state index in [0.29, 0.717) is 22.4 Å². The second-order valence-corrected chi connectivity index (χ2v) is 9.04. The van der Waals surface area contributed by atoms with Crippen LogP contribution in [0.25, 0.3) is 16.6 Å². The summed E-state index contributed by atoms with van der Waals surface area (Å²) in [5.41, 5.74) is 3.83. The molecule has 2 atom stereocenters. The molecule has 1 N–H and O–H groups in total. The molecule has 0 aliphatic heterocycles. The molecule has 4 aromatic rings. The lowest BCUT2D eigenvalue weighted by atomic mass is 9.93. The van der Waals surface area contributed by atoms with E-state index in [-0.39, 0.29) is 17.2 Å².